The molecule has 1 aromatic rings. The number of hydrogen-bond donors (Lipinski definition) is 1. The van der Waals surface area contributed by atoms with E-state index in [1.165, 1.54) is 18.2 Å². The van der Waals surface area contributed by atoms with Crippen LogP contribution in [0.4, 0.5) is 4.39 Å². The summed E-state index contributed by atoms with van der Waals surface area (Å²) in [6.45, 7) is 4.88. The maximum atomic E-state index is 13.6. The standard InChI is InChI=1S/C14H15FO4/c1-13(2,3)19-12(17)14(18)7-9-8(11(14)16)5-4-6-10(9)15/h4-6,18H,7H2,1-3H3/t14-/m0/s1. The Balaban J connectivity index is 2.37. The molecule has 0 heterocycles. The predicted octanol–water partition coefficient (Wildman–Crippen LogP) is 1.64. The highest BCUT2D eigenvalue weighted by Crippen LogP contribution is 2.33. The molecule has 0 aromatic heterocycles. The summed E-state index contributed by atoms with van der Waals surface area (Å²) in [4.78, 5) is 24.0. The molecule has 4 nitrogen and oxygen atoms in total. The summed E-state index contributed by atoms with van der Waals surface area (Å²) in [5.74, 6) is -2.46. The van der Waals surface area contributed by atoms with Crippen LogP contribution in [0.2, 0.25) is 0 Å². The molecule has 0 saturated carbocycles. The van der Waals surface area contributed by atoms with E-state index < -0.39 is 28.8 Å². The van der Waals surface area contributed by atoms with Crippen LogP contribution >= 0.6 is 0 Å². The second kappa shape index (κ2) is 4.13. The Morgan fingerprint density at radius 2 is 2.05 bits per heavy atom. The first-order valence-electron chi connectivity index (χ1n) is 5.93. The molecule has 1 aliphatic rings. The van der Waals surface area contributed by atoms with Crippen molar-refractivity contribution in [3.63, 3.8) is 0 Å². The summed E-state index contributed by atoms with van der Waals surface area (Å²) in [6.07, 6.45) is -0.386. The van der Waals surface area contributed by atoms with Crippen molar-refractivity contribution in [3.05, 3.63) is 35.1 Å². The molecule has 1 aliphatic carbocycles. The highest BCUT2D eigenvalue weighted by Gasteiger charge is 2.53. The van der Waals surface area contributed by atoms with Gasteiger partial charge >= 0.3 is 5.97 Å². The second-order valence-electron chi connectivity index (χ2n) is 5.63. The van der Waals surface area contributed by atoms with Crippen LogP contribution in [0.1, 0.15) is 36.7 Å². The fourth-order valence-corrected chi connectivity index (χ4v) is 2.04. The van der Waals surface area contributed by atoms with E-state index in [9.17, 15) is 19.1 Å². The van der Waals surface area contributed by atoms with Gasteiger partial charge in [-0.05, 0) is 26.8 Å². The lowest BCUT2D eigenvalue weighted by molar-refractivity contribution is -0.171. The number of rotatable bonds is 1. The maximum Gasteiger partial charge on any atom is 0.347 e. The van der Waals surface area contributed by atoms with E-state index >= 15 is 0 Å². The highest BCUT2D eigenvalue weighted by atomic mass is 19.1. The summed E-state index contributed by atoms with van der Waals surface area (Å²) < 4.78 is 18.6. The van der Waals surface area contributed by atoms with E-state index in [1.54, 1.807) is 20.8 Å². The van der Waals surface area contributed by atoms with Crippen LogP contribution in [-0.4, -0.2) is 28.1 Å². The molecule has 5 heteroatoms. The van der Waals surface area contributed by atoms with Crippen molar-refractivity contribution in [2.45, 2.75) is 38.4 Å². The van der Waals surface area contributed by atoms with E-state index in [-0.39, 0.29) is 17.5 Å². The number of carbonyl (C=O) groups is 2. The van der Waals surface area contributed by atoms with Crippen molar-refractivity contribution in [2.75, 3.05) is 0 Å². The lowest BCUT2D eigenvalue weighted by atomic mass is 9.99. The molecule has 2 rings (SSSR count). The normalized spacial score (nSPS) is 22.3. The van der Waals surface area contributed by atoms with E-state index in [0.717, 1.165) is 0 Å². The van der Waals surface area contributed by atoms with Crippen LogP contribution in [0.5, 0.6) is 0 Å². The number of carbonyl (C=O) groups excluding carboxylic acids is 2. The third kappa shape index (κ3) is 2.26. The first-order valence-corrected chi connectivity index (χ1v) is 5.93. The van der Waals surface area contributed by atoms with Gasteiger partial charge in [0.2, 0.25) is 11.4 Å². The molecule has 0 bridgehead atoms. The molecule has 0 aliphatic heterocycles. The number of fused-ring (bicyclic) bond motifs is 1. The van der Waals surface area contributed by atoms with Crippen molar-refractivity contribution in [2.24, 2.45) is 0 Å². The minimum Gasteiger partial charge on any atom is -0.457 e. The number of ketones is 1. The second-order valence-corrected chi connectivity index (χ2v) is 5.63. The van der Waals surface area contributed by atoms with Gasteiger partial charge in [0.1, 0.15) is 11.4 Å². The molecule has 1 N–H and O–H groups in total. The van der Waals surface area contributed by atoms with Gasteiger partial charge in [-0.25, -0.2) is 9.18 Å². The molecule has 0 spiro atoms. The molecule has 1 aromatic carbocycles. The van der Waals surface area contributed by atoms with Gasteiger partial charge < -0.3 is 9.84 Å². The number of ether oxygens (including phenoxy) is 1. The molecule has 0 radical (unpaired) electrons. The van der Waals surface area contributed by atoms with Gasteiger partial charge in [0, 0.05) is 17.5 Å². The van der Waals surface area contributed by atoms with E-state index in [0.29, 0.717) is 0 Å². The Hall–Kier alpha value is -1.75. The monoisotopic (exact) mass is 266 g/mol. The van der Waals surface area contributed by atoms with Gasteiger partial charge in [0.15, 0.2) is 0 Å². The fraction of sp³-hybridized carbons (Fsp3) is 0.429. The summed E-state index contributed by atoms with van der Waals surface area (Å²) in [6, 6.07) is 3.95. The van der Waals surface area contributed by atoms with E-state index in [2.05, 4.69) is 0 Å². The first kappa shape index (κ1) is 13.7. The average Bonchev–Trinajstić information content (AvgIpc) is 2.53. The number of Topliss-reactive ketones (excluding diaryl/α,β-unsaturated/α-hetero) is 1. The molecule has 0 saturated heterocycles. The van der Waals surface area contributed by atoms with Gasteiger partial charge in [0.05, 0.1) is 0 Å². The Labute approximate surface area is 110 Å². The van der Waals surface area contributed by atoms with Crippen LogP contribution in [0.3, 0.4) is 0 Å². The summed E-state index contributed by atoms with van der Waals surface area (Å²) in [5.41, 5.74) is -3.06. The quantitative estimate of drug-likeness (QED) is 0.620. The van der Waals surface area contributed by atoms with Crippen LogP contribution in [0.25, 0.3) is 0 Å². The van der Waals surface area contributed by atoms with Gasteiger partial charge in [0.25, 0.3) is 0 Å². The van der Waals surface area contributed by atoms with Crippen LogP contribution in [-0.2, 0) is 16.0 Å². The fourth-order valence-electron chi connectivity index (χ4n) is 2.04. The van der Waals surface area contributed by atoms with E-state index in [4.69, 9.17) is 4.74 Å². The molecule has 0 fully saturated rings. The molecule has 102 valence electrons. The zero-order chi connectivity index (χ0) is 14.4. The van der Waals surface area contributed by atoms with E-state index in [1.807, 2.05) is 0 Å². The lowest BCUT2D eigenvalue weighted by Gasteiger charge is -2.25. The van der Waals surface area contributed by atoms with Crippen LogP contribution < -0.4 is 0 Å². The number of halogens is 1. The van der Waals surface area contributed by atoms with Gasteiger partial charge in [-0.3, -0.25) is 4.79 Å². The van der Waals surface area contributed by atoms with Crippen molar-refractivity contribution in [1.29, 1.82) is 0 Å². The molecule has 0 amide bonds. The predicted molar refractivity (Wildman–Crippen MR) is 65.2 cm³/mol. The Morgan fingerprint density at radius 1 is 1.42 bits per heavy atom. The summed E-state index contributed by atoms with van der Waals surface area (Å²) in [7, 11) is 0. The average molecular weight is 266 g/mol. The number of benzene rings is 1. The zero-order valence-electron chi connectivity index (χ0n) is 11.0. The molecule has 19 heavy (non-hydrogen) atoms. The number of esters is 1. The lowest BCUT2D eigenvalue weighted by Crippen LogP contribution is -2.48. The van der Waals surface area contributed by atoms with Crippen molar-refractivity contribution < 1.29 is 23.8 Å². The van der Waals surface area contributed by atoms with Crippen LogP contribution in [0.15, 0.2) is 18.2 Å². The topological polar surface area (TPSA) is 63.6 Å². The van der Waals surface area contributed by atoms with Gasteiger partial charge in [-0.15, -0.1) is 0 Å². The molecular weight excluding hydrogens is 251 g/mol. The Kier molecular flexibility index (Phi) is 2.97. The minimum absolute atomic E-state index is 0.0355. The van der Waals surface area contributed by atoms with Gasteiger partial charge in [-0.1, -0.05) is 12.1 Å². The first-order chi connectivity index (χ1) is 8.65. The number of hydrogen-bond acceptors (Lipinski definition) is 4. The Morgan fingerprint density at radius 3 is 2.58 bits per heavy atom. The largest absolute Gasteiger partial charge is 0.457 e. The molecular formula is C14H15FO4. The van der Waals surface area contributed by atoms with Crippen molar-refractivity contribution in [3.8, 4) is 0 Å². The Bertz CT molecular complexity index is 559. The summed E-state index contributed by atoms with van der Waals surface area (Å²) >= 11 is 0. The third-order valence-corrected chi connectivity index (χ3v) is 2.91. The zero-order valence-corrected chi connectivity index (χ0v) is 11.0. The highest BCUT2D eigenvalue weighted by molar-refractivity contribution is 6.18. The van der Waals surface area contributed by atoms with Crippen LogP contribution in [0, 0.1) is 5.82 Å². The maximum absolute atomic E-state index is 13.6. The number of aliphatic hydroxyl groups is 1. The smallest absolute Gasteiger partial charge is 0.347 e. The summed E-state index contributed by atoms with van der Waals surface area (Å²) in [5, 5.41) is 10.2. The van der Waals surface area contributed by atoms with Crippen molar-refractivity contribution >= 4 is 11.8 Å². The van der Waals surface area contributed by atoms with Gasteiger partial charge in [-0.2, -0.15) is 0 Å². The molecule has 0 unspecified atom stereocenters. The molecule has 1 atom stereocenters. The van der Waals surface area contributed by atoms with Crippen molar-refractivity contribution in [1.82, 2.24) is 0 Å². The minimum atomic E-state index is -2.32. The SMILES string of the molecule is CC(C)(C)OC(=O)[C@]1(O)Cc2c(F)cccc2C1=O. The third-order valence-electron chi connectivity index (χ3n) is 2.91.